The van der Waals surface area contributed by atoms with Crippen LogP contribution in [0.1, 0.15) is 35.0 Å². The summed E-state index contributed by atoms with van der Waals surface area (Å²) in [7, 11) is 3.90. The Morgan fingerprint density at radius 3 is 2.85 bits per heavy atom. The standard InChI is InChI=1S/C23H27N3O/c1-16-5-8-22-20(11-16)21-14-25(3)10-9-23(21)26(22)13-17(2)18-6-7-19(15-27-4)24-12-18/h5-8,11-13H,9-10,14-15H2,1-4H3. The zero-order valence-electron chi connectivity index (χ0n) is 16.6. The zero-order valence-corrected chi connectivity index (χ0v) is 16.6. The Labute approximate surface area is 161 Å². The Kier molecular flexibility index (Phi) is 4.85. The molecule has 3 heterocycles. The van der Waals surface area contributed by atoms with Gasteiger partial charge in [0.1, 0.15) is 0 Å². The maximum absolute atomic E-state index is 5.16. The van der Waals surface area contributed by atoms with E-state index in [2.05, 4.69) is 65.8 Å². The highest BCUT2D eigenvalue weighted by atomic mass is 16.5. The van der Waals surface area contributed by atoms with Crippen LogP contribution in [0.15, 0.2) is 36.5 Å². The van der Waals surface area contributed by atoms with Crippen LogP contribution >= 0.6 is 0 Å². The Balaban J connectivity index is 1.80. The van der Waals surface area contributed by atoms with E-state index in [0.717, 1.165) is 30.8 Å². The molecule has 0 bridgehead atoms. The first-order valence-corrected chi connectivity index (χ1v) is 9.50. The van der Waals surface area contributed by atoms with Crippen LogP contribution in [0.2, 0.25) is 0 Å². The average Bonchev–Trinajstić information content (AvgIpc) is 2.95. The van der Waals surface area contributed by atoms with Gasteiger partial charge in [-0.15, -0.1) is 0 Å². The molecule has 27 heavy (non-hydrogen) atoms. The highest BCUT2D eigenvalue weighted by Gasteiger charge is 2.21. The highest BCUT2D eigenvalue weighted by Crippen LogP contribution is 2.32. The van der Waals surface area contributed by atoms with Crippen molar-refractivity contribution in [3.05, 3.63) is 64.6 Å². The molecule has 0 amide bonds. The first-order valence-electron chi connectivity index (χ1n) is 9.50. The molecular formula is C23H27N3O. The lowest BCUT2D eigenvalue weighted by Gasteiger charge is -2.23. The van der Waals surface area contributed by atoms with Gasteiger partial charge < -0.3 is 14.2 Å². The fraction of sp³-hybridized carbons (Fsp3) is 0.348. The molecule has 2 aromatic heterocycles. The fourth-order valence-corrected chi connectivity index (χ4v) is 3.95. The molecule has 4 rings (SSSR count). The molecule has 1 aromatic carbocycles. The van der Waals surface area contributed by atoms with E-state index in [1.165, 1.54) is 33.3 Å². The number of ether oxygens (including phenoxy) is 1. The van der Waals surface area contributed by atoms with Gasteiger partial charge in [-0.25, -0.2) is 0 Å². The highest BCUT2D eigenvalue weighted by molar-refractivity contribution is 5.90. The number of aromatic nitrogens is 2. The second-order valence-corrected chi connectivity index (χ2v) is 7.59. The number of allylic oxidation sites excluding steroid dienone is 1. The molecule has 140 valence electrons. The van der Waals surface area contributed by atoms with Gasteiger partial charge in [0, 0.05) is 50.1 Å². The van der Waals surface area contributed by atoms with Crippen molar-refractivity contribution in [1.29, 1.82) is 0 Å². The first kappa shape index (κ1) is 18.0. The molecule has 4 nitrogen and oxygen atoms in total. The third kappa shape index (κ3) is 3.43. The predicted molar refractivity (Wildman–Crippen MR) is 112 cm³/mol. The van der Waals surface area contributed by atoms with Crippen molar-refractivity contribution in [2.45, 2.75) is 33.4 Å². The third-order valence-corrected chi connectivity index (χ3v) is 5.43. The summed E-state index contributed by atoms with van der Waals surface area (Å²) in [6.45, 7) is 7.00. The first-order chi connectivity index (χ1) is 13.1. The fourth-order valence-electron chi connectivity index (χ4n) is 3.95. The Bertz CT molecular complexity index is 999. The quantitative estimate of drug-likeness (QED) is 0.685. The van der Waals surface area contributed by atoms with Gasteiger partial charge in [-0.2, -0.15) is 0 Å². The maximum Gasteiger partial charge on any atom is 0.0884 e. The number of hydrogen-bond acceptors (Lipinski definition) is 3. The van der Waals surface area contributed by atoms with E-state index in [0.29, 0.717) is 6.61 Å². The van der Waals surface area contributed by atoms with Crippen LogP contribution in [0.25, 0.3) is 22.7 Å². The summed E-state index contributed by atoms with van der Waals surface area (Å²) in [6.07, 6.45) is 5.29. The second-order valence-electron chi connectivity index (χ2n) is 7.59. The zero-order chi connectivity index (χ0) is 19.0. The van der Waals surface area contributed by atoms with Crippen LogP contribution < -0.4 is 0 Å². The summed E-state index contributed by atoms with van der Waals surface area (Å²) in [5, 5.41) is 1.38. The third-order valence-electron chi connectivity index (χ3n) is 5.43. The summed E-state index contributed by atoms with van der Waals surface area (Å²) in [6, 6.07) is 11.0. The van der Waals surface area contributed by atoms with Gasteiger partial charge in [0.25, 0.3) is 0 Å². The normalized spacial score (nSPS) is 15.3. The Morgan fingerprint density at radius 1 is 1.26 bits per heavy atom. The molecule has 4 heteroatoms. The largest absolute Gasteiger partial charge is 0.378 e. The Morgan fingerprint density at radius 2 is 2.11 bits per heavy atom. The van der Waals surface area contributed by atoms with Crippen LogP contribution in [-0.4, -0.2) is 35.2 Å². The summed E-state index contributed by atoms with van der Waals surface area (Å²) in [5.74, 6) is 0. The summed E-state index contributed by atoms with van der Waals surface area (Å²) in [5.41, 5.74) is 8.84. The lowest BCUT2D eigenvalue weighted by molar-refractivity contribution is 0.181. The Hall–Kier alpha value is -2.43. The van der Waals surface area contributed by atoms with Crippen LogP contribution in [0, 0.1) is 6.92 Å². The molecule has 1 aliphatic heterocycles. The topological polar surface area (TPSA) is 30.3 Å². The molecule has 1 aliphatic rings. The lowest BCUT2D eigenvalue weighted by atomic mass is 10.0. The monoisotopic (exact) mass is 361 g/mol. The SMILES string of the molecule is COCc1ccc(C(C)=Cn2c3c(c4cc(C)ccc42)CN(C)CC3)cn1. The minimum atomic E-state index is 0.547. The van der Waals surface area contributed by atoms with Crippen LogP contribution in [0.4, 0.5) is 0 Å². The summed E-state index contributed by atoms with van der Waals surface area (Å²) in [4.78, 5) is 6.91. The van der Waals surface area contributed by atoms with E-state index in [-0.39, 0.29) is 0 Å². The van der Waals surface area contributed by atoms with Gasteiger partial charge in [0.15, 0.2) is 0 Å². The lowest BCUT2D eigenvalue weighted by Crippen LogP contribution is -2.26. The van der Waals surface area contributed by atoms with E-state index < -0.39 is 0 Å². The van der Waals surface area contributed by atoms with Crippen molar-refractivity contribution < 1.29 is 4.74 Å². The van der Waals surface area contributed by atoms with Gasteiger partial charge in [-0.05, 0) is 55.8 Å². The van der Waals surface area contributed by atoms with Gasteiger partial charge in [-0.3, -0.25) is 4.98 Å². The van der Waals surface area contributed by atoms with Gasteiger partial charge in [0.2, 0.25) is 0 Å². The molecule has 0 fully saturated rings. The number of fused-ring (bicyclic) bond motifs is 3. The number of nitrogens with zero attached hydrogens (tertiary/aromatic N) is 3. The van der Waals surface area contributed by atoms with Crippen molar-refractivity contribution in [2.75, 3.05) is 20.7 Å². The molecule has 0 radical (unpaired) electrons. The van der Waals surface area contributed by atoms with Crippen LogP contribution in [-0.2, 0) is 24.3 Å². The number of methoxy groups -OCH3 is 1. The molecular weight excluding hydrogens is 334 g/mol. The van der Waals surface area contributed by atoms with Gasteiger partial charge in [0.05, 0.1) is 17.8 Å². The van der Waals surface area contributed by atoms with E-state index in [9.17, 15) is 0 Å². The minimum absolute atomic E-state index is 0.547. The molecule has 0 atom stereocenters. The van der Waals surface area contributed by atoms with Crippen LogP contribution in [0.5, 0.6) is 0 Å². The number of aryl methyl sites for hydroxylation is 1. The van der Waals surface area contributed by atoms with Crippen molar-refractivity contribution in [3.8, 4) is 0 Å². The molecule has 0 saturated heterocycles. The smallest absolute Gasteiger partial charge is 0.0884 e. The number of benzene rings is 1. The number of hydrogen-bond donors (Lipinski definition) is 0. The summed E-state index contributed by atoms with van der Waals surface area (Å²) >= 11 is 0. The summed E-state index contributed by atoms with van der Waals surface area (Å²) < 4.78 is 7.56. The number of pyridine rings is 1. The molecule has 0 saturated carbocycles. The number of likely N-dealkylation sites (N-methyl/N-ethyl adjacent to an activating group) is 1. The molecule has 0 aliphatic carbocycles. The second kappa shape index (κ2) is 7.29. The molecule has 0 spiro atoms. The number of rotatable bonds is 4. The van der Waals surface area contributed by atoms with Crippen LogP contribution in [0.3, 0.4) is 0 Å². The maximum atomic E-state index is 5.16. The van der Waals surface area contributed by atoms with Crippen molar-refractivity contribution in [3.63, 3.8) is 0 Å². The molecule has 0 N–H and O–H groups in total. The van der Waals surface area contributed by atoms with Crippen molar-refractivity contribution in [2.24, 2.45) is 0 Å². The molecule has 3 aromatic rings. The molecule has 0 unspecified atom stereocenters. The minimum Gasteiger partial charge on any atom is -0.378 e. The van der Waals surface area contributed by atoms with E-state index in [1.807, 2.05) is 12.3 Å². The van der Waals surface area contributed by atoms with E-state index >= 15 is 0 Å². The average molecular weight is 361 g/mol. The van der Waals surface area contributed by atoms with E-state index in [4.69, 9.17) is 4.74 Å². The van der Waals surface area contributed by atoms with Crippen molar-refractivity contribution in [1.82, 2.24) is 14.5 Å². The van der Waals surface area contributed by atoms with E-state index in [1.54, 1.807) is 7.11 Å². The van der Waals surface area contributed by atoms with Gasteiger partial charge >= 0.3 is 0 Å². The van der Waals surface area contributed by atoms with Gasteiger partial charge in [-0.1, -0.05) is 17.7 Å². The predicted octanol–water partition coefficient (Wildman–Crippen LogP) is 4.50. The van der Waals surface area contributed by atoms with Crippen molar-refractivity contribution >= 4 is 22.7 Å².